The number of anilines is 1. The van der Waals surface area contributed by atoms with Crippen LogP contribution in [0.1, 0.15) is 30.5 Å². The first kappa shape index (κ1) is 12.5. The number of benzene rings is 1. The summed E-state index contributed by atoms with van der Waals surface area (Å²) >= 11 is 0. The molecule has 6 heteroatoms. The van der Waals surface area contributed by atoms with Crippen LogP contribution >= 0.6 is 0 Å². The highest BCUT2D eigenvalue weighted by Crippen LogP contribution is 2.21. The van der Waals surface area contributed by atoms with Crippen molar-refractivity contribution < 1.29 is 0 Å². The molecule has 2 aromatic heterocycles. The fraction of sp³-hybridized carbons (Fsp3) is 0.286. The summed E-state index contributed by atoms with van der Waals surface area (Å²) < 4.78 is 1.42. The Morgan fingerprint density at radius 3 is 2.70 bits per heavy atom. The number of aryl methyl sites for hydroxylation is 1. The largest absolute Gasteiger partial charge is 0.362 e. The van der Waals surface area contributed by atoms with Crippen molar-refractivity contribution in [2.24, 2.45) is 0 Å². The Morgan fingerprint density at radius 1 is 1.15 bits per heavy atom. The molecule has 102 valence electrons. The van der Waals surface area contributed by atoms with Gasteiger partial charge in [-0.3, -0.25) is 0 Å². The summed E-state index contributed by atoms with van der Waals surface area (Å²) in [5.74, 6) is 0.761. The van der Waals surface area contributed by atoms with Gasteiger partial charge in [0, 0.05) is 0 Å². The lowest BCUT2D eigenvalue weighted by Crippen LogP contribution is -2.12. The van der Waals surface area contributed by atoms with Gasteiger partial charge in [0.05, 0.1) is 6.04 Å². The maximum absolute atomic E-state index is 4.34. The first-order chi connectivity index (χ1) is 9.76. The first-order valence-corrected chi connectivity index (χ1v) is 6.65. The Morgan fingerprint density at radius 2 is 1.95 bits per heavy atom. The molecule has 0 aliphatic carbocycles. The molecule has 3 rings (SSSR count). The van der Waals surface area contributed by atoms with E-state index in [1.807, 2.05) is 12.1 Å². The number of hydrogen-bond donors (Lipinski definition) is 1. The van der Waals surface area contributed by atoms with Gasteiger partial charge in [0.1, 0.15) is 5.82 Å². The fourth-order valence-electron chi connectivity index (χ4n) is 2.12. The third-order valence-electron chi connectivity index (χ3n) is 3.28. The van der Waals surface area contributed by atoms with Gasteiger partial charge in [0.25, 0.3) is 0 Å². The molecule has 0 amide bonds. The summed E-state index contributed by atoms with van der Waals surface area (Å²) in [4.78, 5) is 0. The van der Waals surface area contributed by atoms with Crippen molar-refractivity contribution in [2.45, 2.75) is 26.3 Å². The third kappa shape index (κ3) is 2.45. The van der Waals surface area contributed by atoms with E-state index in [2.05, 4.69) is 64.1 Å². The van der Waals surface area contributed by atoms with Crippen LogP contribution in [0.5, 0.6) is 0 Å². The minimum atomic E-state index is 0.219. The van der Waals surface area contributed by atoms with Gasteiger partial charge in [0.2, 0.25) is 0 Å². The maximum atomic E-state index is 4.34. The molecule has 0 spiro atoms. The quantitative estimate of drug-likeness (QED) is 0.787. The molecule has 0 fully saturated rings. The second-order valence-electron chi connectivity index (χ2n) is 4.76. The van der Waals surface area contributed by atoms with Gasteiger partial charge in [-0.1, -0.05) is 36.8 Å². The van der Waals surface area contributed by atoms with Crippen molar-refractivity contribution in [3.63, 3.8) is 0 Å². The fourth-order valence-corrected chi connectivity index (χ4v) is 2.12. The smallest absolute Gasteiger partial charge is 0.200 e. The average molecular weight is 268 g/mol. The van der Waals surface area contributed by atoms with E-state index < -0.39 is 0 Å². The predicted molar refractivity (Wildman–Crippen MR) is 76.4 cm³/mol. The van der Waals surface area contributed by atoms with Crippen LogP contribution in [0, 0.1) is 6.92 Å². The van der Waals surface area contributed by atoms with Crippen LogP contribution in [0.25, 0.3) is 5.65 Å². The molecule has 0 saturated carbocycles. The molecule has 0 saturated heterocycles. The lowest BCUT2D eigenvalue weighted by Gasteiger charge is -2.18. The normalized spacial score (nSPS) is 12.5. The van der Waals surface area contributed by atoms with E-state index in [4.69, 9.17) is 0 Å². The zero-order chi connectivity index (χ0) is 13.9. The lowest BCUT2D eigenvalue weighted by atomic mass is 10.0. The second-order valence-corrected chi connectivity index (χ2v) is 4.76. The Balaban J connectivity index is 1.84. The zero-order valence-corrected chi connectivity index (χ0v) is 11.5. The number of nitrogens with one attached hydrogen (secondary N) is 1. The minimum Gasteiger partial charge on any atom is -0.362 e. The van der Waals surface area contributed by atoms with E-state index in [0.29, 0.717) is 5.65 Å². The van der Waals surface area contributed by atoms with E-state index >= 15 is 0 Å². The molecular weight excluding hydrogens is 252 g/mol. The predicted octanol–water partition coefficient (Wildman–Crippen LogP) is 2.39. The molecule has 6 nitrogen and oxygen atoms in total. The van der Waals surface area contributed by atoms with Gasteiger partial charge in [-0.05, 0) is 41.5 Å². The zero-order valence-electron chi connectivity index (χ0n) is 11.5. The summed E-state index contributed by atoms with van der Waals surface area (Å²) in [5.41, 5.74) is 3.15. The Kier molecular flexibility index (Phi) is 3.28. The highest BCUT2D eigenvalue weighted by molar-refractivity contribution is 5.44. The number of fused-ring (bicyclic) bond motifs is 1. The van der Waals surface area contributed by atoms with Crippen molar-refractivity contribution in [3.8, 4) is 0 Å². The van der Waals surface area contributed by atoms with Crippen molar-refractivity contribution in [3.05, 3.63) is 47.5 Å². The van der Waals surface area contributed by atoms with E-state index in [1.54, 1.807) is 0 Å². The van der Waals surface area contributed by atoms with E-state index in [1.165, 1.54) is 15.8 Å². The van der Waals surface area contributed by atoms with Crippen molar-refractivity contribution in [1.29, 1.82) is 0 Å². The van der Waals surface area contributed by atoms with Crippen LogP contribution in [0.2, 0.25) is 0 Å². The molecule has 1 N–H and O–H groups in total. The van der Waals surface area contributed by atoms with E-state index in [9.17, 15) is 0 Å². The number of tetrazole rings is 1. The minimum absolute atomic E-state index is 0.219. The van der Waals surface area contributed by atoms with Crippen molar-refractivity contribution in [2.75, 3.05) is 5.32 Å². The van der Waals surface area contributed by atoms with Gasteiger partial charge in [0.15, 0.2) is 5.65 Å². The summed E-state index contributed by atoms with van der Waals surface area (Å²) in [7, 11) is 0. The Hall–Kier alpha value is -2.50. The lowest BCUT2D eigenvalue weighted by molar-refractivity contribution is 0.707. The number of aromatic nitrogens is 5. The monoisotopic (exact) mass is 268 g/mol. The van der Waals surface area contributed by atoms with Crippen LogP contribution in [0.15, 0.2) is 36.4 Å². The summed E-state index contributed by atoms with van der Waals surface area (Å²) in [5, 5.41) is 19.0. The number of rotatable bonds is 4. The standard InChI is InChI=1S/C14H16N6/c1-3-12(11-6-4-10(2)5-7-11)15-13-8-9-14-16-18-19-20(14)17-13/h4-9,12H,3H2,1-2H3,(H,15,17)/t12-/m1/s1. The van der Waals surface area contributed by atoms with Crippen LogP contribution in [0.3, 0.4) is 0 Å². The molecule has 0 unspecified atom stereocenters. The van der Waals surface area contributed by atoms with Gasteiger partial charge >= 0.3 is 0 Å². The molecule has 1 atom stereocenters. The van der Waals surface area contributed by atoms with Crippen LogP contribution in [-0.4, -0.2) is 25.3 Å². The van der Waals surface area contributed by atoms with Crippen LogP contribution < -0.4 is 5.32 Å². The molecule has 0 aliphatic heterocycles. The van der Waals surface area contributed by atoms with Crippen LogP contribution in [0.4, 0.5) is 5.82 Å². The molecule has 0 aliphatic rings. The summed E-state index contributed by atoms with van der Waals surface area (Å²) in [6.45, 7) is 4.23. The SMILES string of the molecule is CC[C@@H](Nc1ccc2nnnn2n1)c1ccc(C)cc1. The average Bonchev–Trinajstić information content (AvgIpc) is 2.93. The molecule has 2 heterocycles. The molecule has 20 heavy (non-hydrogen) atoms. The van der Waals surface area contributed by atoms with E-state index in [0.717, 1.165) is 12.2 Å². The van der Waals surface area contributed by atoms with Crippen molar-refractivity contribution in [1.82, 2.24) is 25.3 Å². The van der Waals surface area contributed by atoms with E-state index in [-0.39, 0.29) is 6.04 Å². The number of nitrogens with zero attached hydrogens (tertiary/aromatic N) is 5. The Labute approximate surface area is 116 Å². The third-order valence-corrected chi connectivity index (χ3v) is 3.28. The van der Waals surface area contributed by atoms with Gasteiger partial charge in [-0.2, -0.15) is 0 Å². The molecule has 0 radical (unpaired) electrons. The molecule has 1 aromatic carbocycles. The van der Waals surface area contributed by atoms with Gasteiger partial charge < -0.3 is 5.32 Å². The van der Waals surface area contributed by atoms with Crippen molar-refractivity contribution >= 4 is 11.5 Å². The second kappa shape index (κ2) is 5.24. The number of hydrogen-bond acceptors (Lipinski definition) is 5. The summed E-state index contributed by atoms with van der Waals surface area (Å²) in [6.07, 6.45) is 0.971. The topological polar surface area (TPSA) is 68.0 Å². The van der Waals surface area contributed by atoms with Gasteiger partial charge in [-0.15, -0.1) is 14.8 Å². The maximum Gasteiger partial charge on any atom is 0.200 e. The highest BCUT2D eigenvalue weighted by Gasteiger charge is 2.10. The summed E-state index contributed by atoms with van der Waals surface area (Å²) in [6, 6.07) is 12.5. The Bertz CT molecular complexity index is 703. The van der Waals surface area contributed by atoms with Gasteiger partial charge in [-0.25, -0.2) is 0 Å². The van der Waals surface area contributed by atoms with Crippen LogP contribution in [-0.2, 0) is 0 Å². The molecule has 0 bridgehead atoms. The first-order valence-electron chi connectivity index (χ1n) is 6.65. The highest BCUT2D eigenvalue weighted by atomic mass is 15.6. The molecule has 3 aromatic rings. The molecular formula is C14H16N6.